The fraction of sp³-hybridized carbons (Fsp3) is 1.00. The van der Waals surface area contributed by atoms with Crippen molar-refractivity contribution in [1.82, 2.24) is 4.72 Å². The molecule has 0 aliphatic carbocycles. The van der Waals surface area contributed by atoms with Crippen LogP contribution in [0.3, 0.4) is 0 Å². The number of rotatable bonds is 3. The Morgan fingerprint density at radius 1 is 1.50 bits per heavy atom. The quantitative estimate of drug-likeness (QED) is 0.443. The van der Waals surface area contributed by atoms with E-state index in [1.165, 1.54) is 0 Å². The lowest BCUT2D eigenvalue weighted by Gasteiger charge is -2.14. The van der Waals surface area contributed by atoms with Crippen molar-refractivity contribution < 1.29 is 0 Å². The van der Waals surface area contributed by atoms with Gasteiger partial charge in [0.1, 0.15) is 0 Å². The third-order valence-corrected chi connectivity index (χ3v) is 1.48. The molecule has 3 N–H and O–H groups in total. The van der Waals surface area contributed by atoms with Gasteiger partial charge in [-0.3, -0.25) is 0 Å². The van der Waals surface area contributed by atoms with Gasteiger partial charge in [0.25, 0.3) is 0 Å². The molecule has 1 unspecified atom stereocenters. The Labute approximate surface area is 55.3 Å². The normalized spacial score (nSPS) is 14.6. The first kappa shape index (κ1) is 8.27. The van der Waals surface area contributed by atoms with Crippen LogP contribution in [-0.4, -0.2) is 12.4 Å². The molecule has 3 heteroatoms. The Hall–Kier alpha value is 0.270. The van der Waals surface area contributed by atoms with Crippen LogP contribution in [0.5, 0.6) is 0 Å². The topological polar surface area (TPSA) is 38.0 Å². The third-order valence-electron chi connectivity index (χ3n) is 0.972. The SMILES string of the molecule is CSNC(N)C(C)C. The van der Waals surface area contributed by atoms with E-state index in [2.05, 4.69) is 18.6 Å². The summed E-state index contributed by atoms with van der Waals surface area (Å²) in [5.41, 5.74) is 5.60. The summed E-state index contributed by atoms with van der Waals surface area (Å²) in [5.74, 6) is 0.516. The second-order valence-electron chi connectivity index (χ2n) is 2.09. The van der Waals surface area contributed by atoms with Crippen LogP contribution in [0.4, 0.5) is 0 Å². The molecule has 0 radical (unpaired) electrons. The average Bonchev–Trinajstić information content (AvgIpc) is 1.67. The van der Waals surface area contributed by atoms with E-state index in [-0.39, 0.29) is 6.17 Å². The zero-order chi connectivity index (χ0) is 6.57. The Bertz CT molecular complexity index is 56.4. The molecule has 50 valence electrons. The van der Waals surface area contributed by atoms with Gasteiger partial charge in [0.15, 0.2) is 0 Å². The standard InChI is InChI=1S/C5H14N2S/c1-4(2)5(6)7-8-3/h4-5,7H,6H2,1-3H3. The molecule has 8 heavy (non-hydrogen) atoms. The molecule has 0 spiro atoms. The number of hydrogen-bond donors (Lipinski definition) is 2. The second-order valence-corrected chi connectivity index (χ2v) is 2.74. The average molecular weight is 134 g/mol. The highest BCUT2D eigenvalue weighted by molar-refractivity contribution is 7.96. The van der Waals surface area contributed by atoms with Gasteiger partial charge in [0.2, 0.25) is 0 Å². The highest BCUT2D eigenvalue weighted by atomic mass is 32.2. The minimum absolute atomic E-state index is 0.130. The predicted molar refractivity (Wildman–Crippen MR) is 39.5 cm³/mol. The summed E-state index contributed by atoms with van der Waals surface area (Å²) in [5, 5.41) is 0. The summed E-state index contributed by atoms with van der Waals surface area (Å²) in [7, 11) is 0. The van der Waals surface area contributed by atoms with Gasteiger partial charge >= 0.3 is 0 Å². The molecule has 1 atom stereocenters. The largest absolute Gasteiger partial charge is 0.315 e. The molecule has 0 aromatic rings. The van der Waals surface area contributed by atoms with E-state index in [1.807, 2.05) is 6.26 Å². The Kier molecular flexibility index (Phi) is 4.32. The van der Waals surface area contributed by atoms with Crippen LogP contribution >= 0.6 is 11.9 Å². The van der Waals surface area contributed by atoms with Gasteiger partial charge in [-0.2, -0.15) is 0 Å². The van der Waals surface area contributed by atoms with Crippen molar-refractivity contribution in [1.29, 1.82) is 0 Å². The highest BCUT2D eigenvalue weighted by Gasteiger charge is 2.03. The molecule has 2 nitrogen and oxygen atoms in total. The maximum atomic E-state index is 5.60. The summed E-state index contributed by atoms with van der Waals surface area (Å²) < 4.78 is 3.04. The zero-order valence-corrected chi connectivity index (χ0v) is 6.46. The van der Waals surface area contributed by atoms with Crippen LogP contribution in [-0.2, 0) is 0 Å². The molecule has 0 aliphatic rings. The summed E-state index contributed by atoms with van der Waals surface area (Å²) in [4.78, 5) is 0. The van der Waals surface area contributed by atoms with E-state index in [4.69, 9.17) is 5.73 Å². The van der Waals surface area contributed by atoms with Crippen LogP contribution in [0.25, 0.3) is 0 Å². The Morgan fingerprint density at radius 2 is 2.00 bits per heavy atom. The lowest BCUT2D eigenvalue weighted by atomic mass is 10.2. The molecular weight excluding hydrogens is 120 g/mol. The summed E-state index contributed by atoms with van der Waals surface area (Å²) >= 11 is 1.56. The molecule has 0 fully saturated rings. The molecule has 0 saturated heterocycles. The van der Waals surface area contributed by atoms with Crippen LogP contribution in [0.2, 0.25) is 0 Å². The molecule has 0 bridgehead atoms. The summed E-state index contributed by atoms with van der Waals surface area (Å²) in [6.07, 6.45) is 2.10. The molecule has 0 aliphatic heterocycles. The Balaban J connectivity index is 3.17. The van der Waals surface area contributed by atoms with Crippen LogP contribution in [0.15, 0.2) is 0 Å². The van der Waals surface area contributed by atoms with Gasteiger partial charge < -0.3 is 5.73 Å². The number of nitrogens with two attached hydrogens (primary N) is 1. The molecular formula is C5H14N2S. The Morgan fingerprint density at radius 3 is 2.12 bits per heavy atom. The van der Waals surface area contributed by atoms with Gasteiger partial charge in [0.05, 0.1) is 6.17 Å². The van der Waals surface area contributed by atoms with Crippen molar-refractivity contribution in [3.8, 4) is 0 Å². The van der Waals surface area contributed by atoms with Gasteiger partial charge in [0, 0.05) is 0 Å². The zero-order valence-electron chi connectivity index (χ0n) is 5.64. The van der Waals surface area contributed by atoms with Gasteiger partial charge in [-0.25, -0.2) is 4.72 Å². The maximum Gasteiger partial charge on any atom is 0.0665 e. The second kappa shape index (κ2) is 4.18. The fourth-order valence-corrected chi connectivity index (χ4v) is 0.816. The lowest BCUT2D eigenvalue weighted by Crippen LogP contribution is -2.37. The van der Waals surface area contributed by atoms with E-state index in [1.54, 1.807) is 11.9 Å². The molecule has 0 rings (SSSR count). The first-order chi connectivity index (χ1) is 3.68. The number of nitrogens with one attached hydrogen (secondary N) is 1. The van der Waals surface area contributed by atoms with E-state index in [9.17, 15) is 0 Å². The molecule has 0 heterocycles. The first-order valence-corrected chi connectivity index (χ1v) is 3.95. The van der Waals surface area contributed by atoms with Crippen molar-refractivity contribution in [2.45, 2.75) is 20.0 Å². The summed E-state index contributed by atoms with van der Waals surface area (Å²) in [6.45, 7) is 4.18. The summed E-state index contributed by atoms with van der Waals surface area (Å²) in [6, 6.07) is 0. The van der Waals surface area contributed by atoms with Crippen LogP contribution in [0, 0.1) is 5.92 Å². The van der Waals surface area contributed by atoms with Crippen molar-refractivity contribution in [2.24, 2.45) is 11.7 Å². The van der Waals surface area contributed by atoms with E-state index >= 15 is 0 Å². The van der Waals surface area contributed by atoms with Crippen molar-refractivity contribution in [3.63, 3.8) is 0 Å². The molecule has 0 amide bonds. The first-order valence-electron chi connectivity index (χ1n) is 2.72. The monoisotopic (exact) mass is 134 g/mol. The molecule has 0 aromatic carbocycles. The van der Waals surface area contributed by atoms with Gasteiger partial charge in [-0.1, -0.05) is 25.8 Å². The van der Waals surface area contributed by atoms with E-state index < -0.39 is 0 Å². The van der Waals surface area contributed by atoms with Crippen LogP contribution in [0.1, 0.15) is 13.8 Å². The minimum Gasteiger partial charge on any atom is -0.315 e. The smallest absolute Gasteiger partial charge is 0.0665 e. The minimum atomic E-state index is 0.130. The maximum absolute atomic E-state index is 5.60. The van der Waals surface area contributed by atoms with Crippen molar-refractivity contribution in [3.05, 3.63) is 0 Å². The number of hydrogen-bond acceptors (Lipinski definition) is 3. The third kappa shape index (κ3) is 3.29. The van der Waals surface area contributed by atoms with E-state index in [0.717, 1.165) is 0 Å². The van der Waals surface area contributed by atoms with Crippen LogP contribution < -0.4 is 10.5 Å². The van der Waals surface area contributed by atoms with Gasteiger partial charge in [-0.15, -0.1) is 0 Å². The van der Waals surface area contributed by atoms with Crippen molar-refractivity contribution in [2.75, 3.05) is 6.26 Å². The lowest BCUT2D eigenvalue weighted by molar-refractivity contribution is 0.482. The van der Waals surface area contributed by atoms with Gasteiger partial charge in [-0.05, 0) is 12.2 Å². The fourth-order valence-electron chi connectivity index (χ4n) is 0.272. The van der Waals surface area contributed by atoms with Crippen molar-refractivity contribution >= 4 is 11.9 Å². The molecule has 0 saturated carbocycles. The highest BCUT2D eigenvalue weighted by Crippen LogP contribution is 1.97. The van der Waals surface area contributed by atoms with E-state index in [0.29, 0.717) is 5.92 Å². The predicted octanol–water partition coefficient (Wildman–Crippen LogP) is 0.795. The molecule has 0 aromatic heterocycles.